The predicted octanol–water partition coefficient (Wildman–Crippen LogP) is 3.93. The Morgan fingerprint density at radius 2 is 1.57 bits per heavy atom. The molecule has 1 atom stereocenters. The second-order valence-electron chi connectivity index (χ2n) is 11.8. The Bertz CT molecular complexity index is 1890. The molecule has 1 saturated heterocycles. The van der Waals surface area contributed by atoms with Gasteiger partial charge in [-0.1, -0.05) is 36.4 Å². The quantitative estimate of drug-likeness (QED) is 0.294. The van der Waals surface area contributed by atoms with Gasteiger partial charge in [0.15, 0.2) is 5.78 Å². The molecule has 0 bridgehead atoms. The van der Waals surface area contributed by atoms with E-state index >= 15 is 0 Å². The van der Waals surface area contributed by atoms with E-state index in [0.29, 0.717) is 56.9 Å². The summed E-state index contributed by atoms with van der Waals surface area (Å²) in [7, 11) is 0. The first kappa shape index (κ1) is 31.5. The van der Waals surface area contributed by atoms with E-state index in [2.05, 4.69) is 4.90 Å². The molecule has 0 spiro atoms. The molecule has 2 aromatic carbocycles. The van der Waals surface area contributed by atoms with Crippen molar-refractivity contribution in [3.05, 3.63) is 121 Å². The zero-order chi connectivity index (χ0) is 32.7. The normalized spacial score (nSPS) is 16.2. The van der Waals surface area contributed by atoms with Crippen LogP contribution in [0.2, 0.25) is 0 Å². The third kappa shape index (κ3) is 5.92. The van der Waals surface area contributed by atoms with E-state index in [1.54, 1.807) is 30.3 Å². The van der Waals surface area contributed by atoms with E-state index < -0.39 is 47.0 Å². The van der Waals surface area contributed by atoms with E-state index in [0.717, 1.165) is 33.0 Å². The number of halogens is 4. The van der Waals surface area contributed by atoms with E-state index in [1.807, 2.05) is 21.6 Å². The molecule has 6 rings (SSSR count). The summed E-state index contributed by atoms with van der Waals surface area (Å²) < 4.78 is 60.7. The molecule has 0 saturated carbocycles. The number of ketones is 1. The van der Waals surface area contributed by atoms with Crippen molar-refractivity contribution in [1.29, 1.82) is 0 Å². The second-order valence-corrected chi connectivity index (χ2v) is 11.8. The number of nitrogens with zero attached hydrogens (tertiary/aromatic N) is 5. The standard InChI is InChI=1S/C33H34F4N6O3/c1-21-30(40-16-14-39(15-17-40)18-23-10-11-28-29(44)12-13-41(23)28)31(45)43(20-27(38)22-6-3-2-4-7-22)32(46)42(21)19-24-25(33(35,36)37)8-5-9-26(24)34/h2-11,27H,12-20,38H2,1H3. The molecule has 1 fully saturated rings. The lowest BCUT2D eigenvalue weighted by Crippen LogP contribution is -2.51. The number of nitrogens with two attached hydrogens (primary N) is 1. The molecule has 2 N–H and O–H groups in total. The number of carbonyl (C=O) groups excluding carboxylic acids is 1. The van der Waals surface area contributed by atoms with E-state index in [-0.39, 0.29) is 23.7 Å². The highest BCUT2D eigenvalue weighted by Crippen LogP contribution is 2.34. The Balaban J connectivity index is 1.35. The van der Waals surface area contributed by atoms with E-state index in [1.165, 1.54) is 6.92 Å². The zero-order valence-corrected chi connectivity index (χ0v) is 25.3. The number of hydrogen-bond donors (Lipinski definition) is 1. The first-order valence-electron chi connectivity index (χ1n) is 15.1. The molecule has 4 aromatic rings. The SMILES string of the molecule is Cc1c(N2CCN(Cc3ccc4n3CCC4=O)CC2)c(=O)n(CC(N)c2ccccc2)c(=O)n1Cc1c(F)cccc1C(F)(F)F. The highest BCUT2D eigenvalue weighted by Gasteiger charge is 2.35. The van der Waals surface area contributed by atoms with Crippen molar-refractivity contribution in [2.24, 2.45) is 5.73 Å². The molecule has 2 aliphatic heterocycles. The van der Waals surface area contributed by atoms with Gasteiger partial charge in [0.05, 0.1) is 24.3 Å². The number of carbonyl (C=O) groups is 1. The maximum Gasteiger partial charge on any atom is 0.416 e. The van der Waals surface area contributed by atoms with Gasteiger partial charge in [-0.15, -0.1) is 0 Å². The Morgan fingerprint density at radius 1 is 0.848 bits per heavy atom. The number of piperazine rings is 1. The summed E-state index contributed by atoms with van der Waals surface area (Å²) in [6, 6.07) is 14.6. The molecule has 1 unspecified atom stereocenters. The lowest BCUT2D eigenvalue weighted by atomic mass is 10.1. The number of Topliss-reactive ketones (excluding diaryl/α,β-unsaturated/α-hetero) is 1. The minimum absolute atomic E-state index is 0.127. The van der Waals surface area contributed by atoms with Crippen molar-refractivity contribution in [1.82, 2.24) is 18.6 Å². The number of hydrogen-bond acceptors (Lipinski definition) is 6. The molecule has 2 aliphatic rings. The first-order chi connectivity index (χ1) is 21.9. The van der Waals surface area contributed by atoms with Crippen molar-refractivity contribution in [3.8, 4) is 0 Å². The Hall–Kier alpha value is -4.49. The molecule has 0 aliphatic carbocycles. The van der Waals surface area contributed by atoms with Crippen LogP contribution in [0.15, 0.2) is 70.3 Å². The minimum Gasteiger partial charge on any atom is -0.363 e. The van der Waals surface area contributed by atoms with Crippen molar-refractivity contribution in [2.75, 3.05) is 31.1 Å². The lowest BCUT2D eigenvalue weighted by Gasteiger charge is -2.37. The topological polar surface area (TPSA) is 98.5 Å². The molecular weight excluding hydrogens is 604 g/mol. The van der Waals surface area contributed by atoms with Crippen LogP contribution in [0.4, 0.5) is 23.2 Å². The maximum atomic E-state index is 15.0. The molecule has 9 nitrogen and oxygen atoms in total. The Kier molecular flexibility index (Phi) is 8.47. The summed E-state index contributed by atoms with van der Waals surface area (Å²) in [5, 5.41) is 0. The largest absolute Gasteiger partial charge is 0.416 e. The van der Waals surface area contributed by atoms with Crippen LogP contribution < -0.4 is 21.9 Å². The van der Waals surface area contributed by atoms with Gasteiger partial charge in [0.1, 0.15) is 11.5 Å². The number of fused-ring (bicyclic) bond motifs is 1. The fourth-order valence-corrected chi connectivity index (χ4v) is 6.50. The van der Waals surface area contributed by atoms with E-state index in [9.17, 15) is 31.9 Å². The summed E-state index contributed by atoms with van der Waals surface area (Å²) in [5.41, 5.74) is 5.78. The zero-order valence-electron chi connectivity index (χ0n) is 25.3. The van der Waals surface area contributed by atoms with Crippen molar-refractivity contribution in [2.45, 2.75) is 51.7 Å². The predicted molar refractivity (Wildman–Crippen MR) is 164 cm³/mol. The van der Waals surface area contributed by atoms with Gasteiger partial charge in [0.25, 0.3) is 5.56 Å². The number of benzene rings is 2. The Labute approximate surface area is 262 Å². The van der Waals surface area contributed by atoms with Crippen LogP contribution in [0.25, 0.3) is 0 Å². The number of anilines is 1. The van der Waals surface area contributed by atoms with Crippen LogP contribution in [0.1, 0.15) is 51.0 Å². The van der Waals surface area contributed by atoms with Gasteiger partial charge in [-0.2, -0.15) is 13.2 Å². The third-order valence-corrected chi connectivity index (χ3v) is 9.00. The van der Waals surface area contributed by atoms with Crippen LogP contribution in [-0.4, -0.2) is 50.6 Å². The van der Waals surface area contributed by atoms with Crippen molar-refractivity contribution < 1.29 is 22.4 Å². The van der Waals surface area contributed by atoms with Crippen LogP contribution in [0.5, 0.6) is 0 Å². The van der Waals surface area contributed by atoms with Gasteiger partial charge < -0.3 is 15.2 Å². The van der Waals surface area contributed by atoms with Crippen LogP contribution in [-0.2, 0) is 32.4 Å². The summed E-state index contributed by atoms with van der Waals surface area (Å²) in [6.07, 6.45) is -4.37. The fourth-order valence-electron chi connectivity index (χ4n) is 6.50. The molecular formula is C33H34F4N6O3. The molecule has 4 heterocycles. The number of rotatable bonds is 8. The van der Waals surface area contributed by atoms with Gasteiger partial charge in [-0.25, -0.2) is 9.18 Å². The maximum absolute atomic E-state index is 15.0. The van der Waals surface area contributed by atoms with E-state index in [4.69, 9.17) is 5.73 Å². The second kappa shape index (κ2) is 12.4. The summed E-state index contributed by atoms with van der Waals surface area (Å²) in [5.74, 6) is -0.976. The molecule has 2 aromatic heterocycles. The summed E-state index contributed by atoms with van der Waals surface area (Å²) in [4.78, 5) is 44.0. The van der Waals surface area contributed by atoms with Gasteiger partial charge in [-0.3, -0.25) is 23.6 Å². The smallest absolute Gasteiger partial charge is 0.363 e. The highest BCUT2D eigenvalue weighted by molar-refractivity contribution is 5.96. The number of alkyl halides is 3. The minimum atomic E-state index is -4.86. The van der Waals surface area contributed by atoms with Crippen LogP contribution in [0.3, 0.4) is 0 Å². The van der Waals surface area contributed by atoms with Crippen molar-refractivity contribution in [3.63, 3.8) is 0 Å². The average Bonchev–Trinajstić information content (AvgIpc) is 3.61. The molecule has 0 amide bonds. The lowest BCUT2D eigenvalue weighted by molar-refractivity contribution is -0.138. The summed E-state index contributed by atoms with van der Waals surface area (Å²) >= 11 is 0. The van der Waals surface area contributed by atoms with Gasteiger partial charge in [-0.05, 0) is 36.8 Å². The summed E-state index contributed by atoms with van der Waals surface area (Å²) in [6.45, 7) is 3.74. The monoisotopic (exact) mass is 638 g/mol. The Morgan fingerprint density at radius 3 is 2.26 bits per heavy atom. The van der Waals surface area contributed by atoms with Crippen molar-refractivity contribution >= 4 is 11.5 Å². The van der Waals surface area contributed by atoms with Crippen LogP contribution in [0, 0.1) is 12.7 Å². The number of aromatic nitrogens is 3. The first-order valence-corrected chi connectivity index (χ1v) is 15.1. The van der Waals surface area contributed by atoms with Gasteiger partial charge >= 0.3 is 11.9 Å². The molecule has 242 valence electrons. The van der Waals surface area contributed by atoms with Gasteiger partial charge in [0, 0.05) is 68.7 Å². The molecule has 0 radical (unpaired) electrons. The average molecular weight is 639 g/mol. The highest BCUT2D eigenvalue weighted by atomic mass is 19.4. The van der Waals surface area contributed by atoms with Crippen LogP contribution >= 0.6 is 0 Å². The third-order valence-electron chi connectivity index (χ3n) is 9.00. The fraction of sp³-hybridized carbons (Fsp3) is 0.364. The van der Waals surface area contributed by atoms with Gasteiger partial charge in [0.2, 0.25) is 0 Å². The molecule has 46 heavy (non-hydrogen) atoms. The molecule has 13 heteroatoms.